The highest BCUT2D eigenvalue weighted by Gasteiger charge is 2.17. The molecule has 7 nitrogen and oxygen atoms in total. The number of ether oxygens (including phenoxy) is 2. The Kier molecular flexibility index (Phi) is 5.25. The minimum atomic E-state index is -0.178. The van der Waals surface area contributed by atoms with E-state index in [1.807, 2.05) is 54.9 Å². The molecule has 1 fully saturated rings. The number of nitrogens with one attached hydrogen (secondary N) is 1. The average molecular weight is 380 g/mol. The van der Waals surface area contributed by atoms with Crippen LogP contribution in [-0.2, 0) is 9.53 Å². The lowest BCUT2D eigenvalue weighted by atomic mass is 10.2. The topological polar surface area (TPSA) is 78.3 Å². The fraction of sp³-hybridized carbons (Fsp3) is 0.381. The molecule has 1 aliphatic rings. The minimum absolute atomic E-state index is 0.0802. The molecule has 3 heterocycles. The molecule has 1 aliphatic heterocycles. The second-order valence-corrected chi connectivity index (χ2v) is 7.04. The van der Waals surface area contributed by atoms with Gasteiger partial charge in [0.25, 0.3) is 5.91 Å². The van der Waals surface area contributed by atoms with Crippen LogP contribution in [0.4, 0.5) is 0 Å². The van der Waals surface area contributed by atoms with Gasteiger partial charge in [-0.2, -0.15) is 10.1 Å². The Morgan fingerprint density at radius 2 is 2.14 bits per heavy atom. The third-order valence-corrected chi connectivity index (χ3v) is 4.89. The van der Waals surface area contributed by atoms with Crippen molar-refractivity contribution >= 4 is 16.9 Å². The van der Waals surface area contributed by atoms with Gasteiger partial charge in [-0.3, -0.25) is 4.79 Å². The van der Waals surface area contributed by atoms with E-state index in [2.05, 4.69) is 15.4 Å². The van der Waals surface area contributed by atoms with Crippen LogP contribution in [0.25, 0.3) is 16.7 Å². The maximum Gasteiger partial charge on any atom is 0.258 e. The summed E-state index contributed by atoms with van der Waals surface area (Å²) in [7, 11) is 0. The number of carbonyl (C=O) groups excluding carboxylic acids is 1. The maximum atomic E-state index is 12.1. The molecule has 28 heavy (non-hydrogen) atoms. The van der Waals surface area contributed by atoms with Crippen molar-refractivity contribution in [3.8, 4) is 11.6 Å². The molecular weight excluding hydrogens is 356 g/mol. The zero-order valence-corrected chi connectivity index (χ0v) is 16.1. The second kappa shape index (κ2) is 7.98. The van der Waals surface area contributed by atoms with Gasteiger partial charge in [0.05, 0.1) is 17.5 Å². The summed E-state index contributed by atoms with van der Waals surface area (Å²) in [6.07, 6.45) is 2.15. The molecule has 4 rings (SSSR count). The predicted octanol–water partition coefficient (Wildman–Crippen LogP) is 2.71. The van der Waals surface area contributed by atoms with Crippen molar-refractivity contribution in [3.63, 3.8) is 0 Å². The second-order valence-electron chi connectivity index (χ2n) is 7.04. The first kappa shape index (κ1) is 18.4. The highest BCUT2D eigenvalue weighted by Crippen LogP contribution is 2.26. The summed E-state index contributed by atoms with van der Waals surface area (Å²) in [4.78, 5) is 16.7. The highest BCUT2D eigenvalue weighted by atomic mass is 16.5. The molecule has 0 bridgehead atoms. The number of aromatic nitrogens is 3. The number of amides is 1. The van der Waals surface area contributed by atoms with E-state index in [4.69, 9.17) is 9.47 Å². The van der Waals surface area contributed by atoms with Crippen molar-refractivity contribution in [3.05, 3.63) is 47.7 Å². The van der Waals surface area contributed by atoms with Crippen LogP contribution in [0.3, 0.4) is 0 Å². The van der Waals surface area contributed by atoms with Gasteiger partial charge < -0.3 is 14.8 Å². The van der Waals surface area contributed by atoms with Gasteiger partial charge in [0.1, 0.15) is 0 Å². The molecule has 1 N–H and O–H groups in total. The Hall–Kier alpha value is -2.93. The maximum absolute atomic E-state index is 12.1. The molecule has 146 valence electrons. The summed E-state index contributed by atoms with van der Waals surface area (Å²) in [6, 6.07) is 11.7. The summed E-state index contributed by atoms with van der Waals surface area (Å²) in [5, 5.41) is 8.49. The van der Waals surface area contributed by atoms with Gasteiger partial charge in [-0.15, -0.1) is 0 Å². The van der Waals surface area contributed by atoms with Crippen molar-refractivity contribution in [2.45, 2.75) is 32.8 Å². The van der Waals surface area contributed by atoms with Crippen LogP contribution in [-0.4, -0.2) is 46.5 Å². The Morgan fingerprint density at radius 1 is 1.32 bits per heavy atom. The Bertz CT molecular complexity index is 978. The van der Waals surface area contributed by atoms with Crippen molar-refractivity contribution in [1.82, 2.24) is 20.1 Å². The third-order valence-electron chi connectivity index (χ3n) is 4.89. The number of hydrogen-bond acceptors (Lipinski definition) is 5. The van der Waals surface area contributed by atoms with E-state index in [0.29, 0.717) is 12.4 Å². The van der Waals surface area contributed by atoms with E-state index in [0.717, 1.165) is 47.4 Å². The first-order valence-corrected chi connectivity index (χ1v) is 9.55. The third kappa shape index (κ3) is 3.84. The number of hydrogen-bond donors (Lipinski definition) is 1. The van der Waals surface area contributed by atoms with Gasteiger partial charge in [0, 0.05) is 24.6 Å². The van der Waals surface area contributed by atoms with Gasteiger partial charge in [0.15, 0.2) is 12.3 Å². The first-order chi connectivity index (χ1) is 13.6. The van der Waals surface area contributed by atoms with E-state index in [-0.39, 0.29) is 18.6 Å². The molecule has 0 radical (unpaired) electrons. The largest absolute Gasteiger partial charge is 0.468 e. The fourth-order valence-corrected chi connectivity index (χ4v) is 3.52. The van der Waals surface area contributed by atoms with Gasteiger partial charge in [-0.25, -0.2) is 4.68 Å². The molecule has 3 aromatic rings. The van der Waals surface area contributed by atoms with Gasteiger partial charge in [-0.05, 0) is 44.4 Å². The number of carbonyl (C=O) groups is 1. The molecule has 1 saturated heterocycles. The van der Waals surface area contributed by atoms with Crippen molar-refractivity contribution in [2.24, 2.45) is 0 Å². The number of benzene rings is 1. The van der Waals surface area contributed by atoms with E-state index in [1.165, 1.54) is 0 Å². The Morgan fingerprint density at radius 3 is 2.89 bits per heavy atom. The number of nitrogens with zero attached hydrogens (tertiary/aromatic N) is 3. The van der Waals surface area contributed by atoms with Crippen molar-refractivity contribution < 1.29 is 14.3 Å². The minimum Gasteiger partial charge on any atom is -0.468 e. The standard InChI is InChI=1S/C21H24N4O3/c1-14-11-19(28-13-18(26)22-12-17-9-6-10-27-17)23-21-20(14)15(2)24-25(21)16-7-4-3-5-8-16/h3-5,7-8,11,17H,6,9-10,12-13H2,1-2H3,(H,22,26). The number of pyridine rings is 1. The number of aryl methyl sites for hydroxylation is 2. The Balaban J connectivity index is 1.51. The average Bonchev–Trinajstić information content (AvgIpc) is 3.33. The SMILES string of the molecule is Cc1cc(OCC(=O)NCC2CCCO2)nc2c1c(C)nn2-c1ccccc1. The summed E-state index contributed by atoms with van der Waals surface area (Å²) >= 11 is 0. The van der Waals surface area contributed by atoms with Crippen LogP contribution >= 0.6 is 0 Å². The smallest absolute Gasteiger partial charge is 0.258 e. The molecule has 0 saturated carbocycles. The Labute approximate surface area is 163 Å². The summed E-state index contributed by atoms with van der Waals surface area (Å²) in [5.41, 5.74) is 3.57. The first-order valence-electron chi connectivity index (χ1n) is 9.55. The number of para-hydroxylation sites is 1. The van der Waals surface area contributed by atoms with Gasteiger partial charge in [0.2, 0.25) is 5.88 Å². The predicted molar refractivity (Wildman–Crippen MR) is 106 cm³/mol. The van der Waals surface area contributed by atoms with E-state index < -0.39 is 0 Å². The normalized spacial score (nSPS) is 16.4. The van der Waals surface area contributed by atoms with E-state index in [9.17, 15) is 4.79 Å². The van der Waals surface area contributed by atoms with E-state index in [1.54, 1.807) is 0 Å². The van der Waals surface area contributed by atoms with Crippen LogP contribution in [0.5, 0.6) is 5.88 Å². The molecular formula is C21H24N4O3. The van der Waals surface area contributed by atoms with Crippen LogP contribution in [0.2, 0.25) is 0 Å². The van der Waals surface area contributed by atoms with Crippen LogP contribution in [0.15, 0.2) is 36.4 Å². The van der Waals surface area contributed by atoms with Gasteiger partial charge >= 0.3 is 0 Å². The molecule has 1 aromatic carbocycles. The summed E-state index contributed by atoms with van der Waals surface area (Å²) in [6.45, 7) is 5.18. The van der Waals surface area contributed by atoms with Crippen LogP contribution in [0.1, 0.15) is 24.1 Å². The lowest BCUT2D eigenvalue weighted by Gasteiger charge is -2.11. The highest BCUT2D eigenvalue weighted by molar-refractivity contribution is 5.84. The zero-order chi connectivity index (χ0) is 19.5. The lowest BCUT2D eigenvalue weighted by Crippen LogP contribution is -2.35. The van der Waals surface area contributed by atoms with Crippen LogP contribution in [0, 0.1) is 13.8 Å². The van der Waals surface area contributed by atoms with Crippen molar-refractivity contribution in [2.75, 3.05) is 19.8 Å². The molecule has 2 aromatic heterocycles. The van der Waals surface area contributed by atoms with Gasteiger partial charge in [-0.1, -0.05) is 18.2 Å². The van der Waals surface area contributed by atoms with Crippen molar-refractivity contribution in [1.29, 1.82) is 0 Å². The van der Waals surface area contributed by atoms with Crippen LogP contribution < -0.4 is 10.1 Å². The zero-order valence-electron chi connectivity index (χ0n) is 16.1. The van der Waals surface area contributed by atoms with E-state index >= 15 is 0 Å². The quantitative estimate of drug-likeness (QED) is 0.711. The fourth-order valence-electron chi connectivity index (χ4n) is 3.52. The monoisotopic (exact) mass is 380 g/mol. The summed E-state index contributed by atoms with van der Waals surface area (Å²) in [5.74, 6) is 0.233. The molecule has 0 aliphatic carbocycles. The lowest BCUT2D eigenvalue weighted by molar-refractivity contribution is -0.123. The molecule has 7 heteroatoms. The molecule has 1 unspecified atom stereocenters. The molecule has 1 atom stereocenters. The molecule has 1 amide bonds. The number of rotatable bonds is 6. The number of fused-ring (bicyclic) bond motifs is 1. The molecule has 0 spiro atoms. The summed E-state index contributed by atoms with van der Waals surface area (Å²) < 4.78 is 13.0.